The molecule has 0 heterocycles. The molecule has 0 saturated heterocycles. The van der Waals surface area contributed by atoms with E-state index in [2.05, 4.69) is 4.90 Å². The lowest BCUT2D eigenvalue weighted by Crippen LogP contribution is -2.41. The third-order valence-corrected chi connectivity index (χ3v) is 5.00. The number of nitrogens with zero attached hydrogens (tertiary/aromatic N) is 1. The fraction of sp³-hybridized carbons (Fsp3) is 0.235. The van der Waals surface area contributed by atoms with Gasteiger partial charge in [0.05, 0.1) is 0 Å². The summed E-state index contributed by atoms with van der Waals surface area (Å²) in [5.74, 6) is -2.77. The molecule has 2 aromatic rings. The zero-order chi connectivity index (χ0) is 19.3. The standard InChI is InChI=1S/C17H19F2N3O3S/c1-3-22(4-2)14-8-5-12(6-9-14)17(23)20-21-26(24,25)16-11-13(18)7-10-15(16)19/h5-11,21H,3-4H2,1-2H3,(H,20,23). The van der Waals surface area contributed by atoms with Gasteiger partial charge in [-0.15, -0.1) is 4.83 Å². The van der Waals surface area contributed by atoms with Crippen LogP contribution in [0.2, 0.25) is 0 Å². The van der Waals surface area contributed by atoms with Gasteiger partial charge in [0.25, 0.3) is 15.9 Å². The van der Waals surface area contributed by atoms with E-state index in [1.54, 1.807) is 29.1 Å². The zero-order valence-electron chi connectivity index (χ0n) is 14.3. The van der Waals surface area contributed by atoms with Gasteiger partial charge in [0.1, 0.15) is 16.5 Å². The van der Waals surface area contributed by atoms with Crippen LogP contribution in [0.1, 0.15) is 24.2 Å². The molecule has 6 nitrogen and oxygen atoms in total. The van der Waals surface area contributed by atoms with Crippen LogP contribution in [0.25, 0.3) is 0 Å². The number of sulfonamides is 1. The minimum absolute atomic E-state index is 0.211. The number of carbonyl (C=O) groups is 1. The third kappa shape index (κ3) is 4.55. The number of benzene rings is 2. The molecular weight excluding hydrogens is 364 g/mol. The number of rotatable bonds is 7. The van der Waals surface area contributed by atoms with Gasteiger partial charge in [-0.05, 0) is 56.3 Å². The molecule has 1 amide bonds. The summed E-state index contributed by atoms with van der Waals surface area (Å²) in [6.07, 6.45) is 0. The van der Waals surface area contributed by atoms with E-state index in [0.29, 0.717) is 12.1 Å². The van der Waals surface area contributed by atoms with Crippen molar-refractivity contribution in [1.29, 1.82) is 0 Å². The third-order valence-electron chi connectivity index (χ3n) is 3.74. The van der Waals surface area contributed by atoms with E-state index in [-0.39, 0.29) is 5.56 Å². The first-order valence-electron chi connectivity index (χ1n) is 7.90. The Kier molecular flexibility index (Phi) is 6.27. The number of nitrogens with one attached hydrogen (secondary N) is 2. The Morgan fingerprint density at radius 3 is 2.23 bits per heavy atom. The summed E-state index contributed by atoms with van der Waals surface area (Å²) in [5.41, 5.74) is 3.12. The summed E-state index contributed by atoms with van der Waals surface area (Å²) < 4.78 is 50.8. The molecule has 0 fully saturated rings. The fourth-order valence-corrected chi connectivity index (χ4v) is 3.27. The van der Waals surface area contributed by atoms with E-state index in [4.69, 9.17) is 0 Å². The van der Waals surface area contributed by atoms with Crippen molar-refractivity contribution in [1.82, 2.24) is 10.3 Å². The van der Waals surface area contributed by atoms with Crippen molar-refractivity contribution in [3.05, 3.63) is 59.7 Å². The van der Waals surface area contributed by atoms with E-state index in [0.717, 1.165) is 24.8 Å². The van der Waals surface area contributed by atoms with Gasteiger partial charge in [0, 0.05) is 24.3 Å². The summed E-state index contributed by atoms with van der Waals surface area (Å²) in [5, 5.41) is 0. The van der Waals surface area contributed by atoms with E-state index < -0.39 is 32.5 Å². The minimum Gasteiger partial charge on any atom is -0.372 e. The first-order chi connectivity index (χ1) is 12.3. The Labute approximate surface area is 150 Å². The van der Waals surface area contributed by atoms with Gasteiger partial charge in [-0.3, -0.25) is 10.2 Å². The Bertz CT molecular complexity index is 883. The lowest BCUT2D eigenvalue weighted by atomic mass is 10.2. The molecule has 0 aliphatic carbocycles. The summed E-state index contributed by atoms with van der Waals surface area (Å²) in [7, 11) is -4.45. The zero-order valence-corrected chi connectivity index (χ0v) is 15.1. The van der Waals surface area contributed by atoms with Gasteiger partial charge >= 0.3 is 0 Å². The van der Waals surface area contributed by atoms with Crippen LogP contribution in [-0.2, 0) is 10.0 Å². The smallest absolute Gasteiger partial charge is 0.266 e. The molecule has 0 atom stereocenters. The van der Waals surface area contributed by atoms with E-state index in [9.17, 15) is 22.0 Å². The molecule has 0 bridgehead atoms. The summed E-state index contributed by atoms with van der Waals surface area (Å²) in [4.78, 5) is 15.0. The molecule has 2 rings (SSSR count). The molecule has 2 aromatic carbocycles. The normalized spacial score (nSPS) is 11.2. The number of halogens is 2. The van der Waals surface area contributed by atoms with Crippen molar-refractivity contribution in [2.75, 3.05) is 18.0 Å². The number of anilines is 1. The van der Waals surface area contributed by atoms with Crippen LogP contribution in [0.15, 0.2) is 47.4 Å². The lowest BCUT2D eigenvalue weighted by molar-refractivity contribution is 0.0945. The van der Waals surface area contributed by atoms with Gasteiger partial charge in [0.15, 0.2) is 0 Å². The Balaban J connectivity index is 2.09. The van der Waals surface area contributed by atoms with Crippen LogP contribution in [0.3, 0.4) is 0 Å². The van der Waals surface area contributed by atoms with Crippen LogP contribution >= 0.6 is 0 Å². The van der Waals surface area contributed by atoms with Crippen molar-refractivity contribution < 1.29 is 22.0 Å². The highest BCUT2D eigenvalue weighted by Gasteiger charge is 2.21. The summed E-state index contributed by atoms with van der Waals surface area (Å²) in [6.45, 7) is 5.62. The van der Waals surface area contributed by atoms with Gasteiger partial charge < -0.3 is 4.90 Å². The van der Waals surface area contributed by atoms with Crippen molar-refractivity contribution in [3.63, 3.8) is 0 Å². The fourth-order valence-electron chi connectivity index (χ4n) is 2.34. The Hall–Kier alpha value is -2.52. The first-order valence-corrected chi connectivity index (χ1v) is 9.39. The Morgan fingerprint density at radius 1 is 1.04 bits per heavy atom. The average Bonchev–Trinajstić information content (AvgIpc) is 2.63. The van der Waals surface area contributed by atoms with Crippen molar-refractivity contribution in [2.45, 2.75) is 18.7 Å². The predicted molar refractivity (Wildman–Crippen MR) is 94.1 cm³/mol. The van der Waals surface area contributed by atoms with E-state index in [1.807, 2.05) is 19.3 Å². The molecule has 9 heteroatoms. The highest BCUT2D eigenvalue weighted by atomic mass is 32.2. The number of hydrogen-bond acceptors (Lipinski definition) is 4. The largest absolute Gasteiger partial charge is 0.372 e. The maximum atomic E-state index is 13.6. The molecule has 0 aliphatic heterocycles. The SMILES string of the molecule is CCN(CC)c1ccc(C(=O)NNS(=O)(=O)c2cc(F)ccc2F)cc1. The molecule has 0 aliphatic rings. The number of hydrazine groups is 1. The first kappa shape index (κ1) is 19.8. The van der Waals surface area contributed by atoms with Crippen LogP contribution in [0, 0.1) is 11.6 Å². The van der Waals surface area contributed by atoms with E-state index >= 15 is 0 Å². The summed E-state index contributed by atoms with van der Waals surface area (Å²) >= 11 is 0. The molecule has 140 valence electrons. The lowest BCUT2D eigenvalue weighted by Gasteiger charge is -2.21. The molecule has 2 N–H and O–H groups in total. The van der Waals surface area contributed by atoms with Crippen LogP contribution in [0.4, 0.5) is 14.5 Å². The second-order valence-electron chi connectivity index (χ2n) is 5.35. The highest BCUT2D eigenvalue weighted by Crippen LogP contribution is 2.16. The summed E-state index contributed by atoms with van der Waals surface area (Å²) in [6, 6.07) is 8.58. The molecule has 26 heavy (non-hydrogen) atoms. The maximum absolute atomic E-state index is 13.6. The average molecular weight is 383 g/mol. The molecular formula is C17H19F2N3O3S. The van der Waals surface area contributed by atoms with E-state index in [1.165, 1.54) is 0 Å². The predicted octanol–water partition coefficient (Wildman–Crippen LogP) is 2.43. The maximum Gasteiger partial charge on any atom is 0.266 e. The van der Waals surface area contributed by atoms with Crippen molar-refractivity contribution in [2.24, 2.45) is 0 Å². The second kappa shape index (κ2) is 8.24. The molecule has 0 radical (unpaired) electrons. The quantitative estimate of drug-likeness (QED) is 0.720. The van der Waals surface area contributed by atoms with Crippen LogP contribution in [-0.4, -0.2) is 27.4 Å². The van der Waals surface area contributed by atoms with Crippen LogP contribution < -0.4 is 15.2 Å². The Morgan fingerprint density at radius 2 is 1.65 bits per heavy atom. The molecule has 0 aromatic heterocycles. The highest BCUT2D eigenvalue weighted by molar-refractivity contribution is 7.89. The number of amides is 1. The molecule has 0 unspecified atom stereocenters. The monoisotopic (exact) mass is 383 g/mol. The van der Waals surface area contributed by atoms with Crippen molar-refractivity contribution >= 4 is 21.6 Å². The van der Waals surface area contributed by atoms with Gasteiger partial charge in [-0.1, -0.05) is 0 Å². The van der Waals surface area contributed by atoms with Gasteiger partial charge in [0.2, 0.25) is 0 Å². The number of carbonyl (C=O) groups excluding carboxylic acids is 1. The second-order valence-corrected chi connectivity index (χ2v) is 7.00. The topological polar surface area (TPSA) is 78.5 Å². The van der Waals surface area contributed by atoms with Crippen LogP contribution in [0.5, 0.6) is 0 Å². The van der Waals surface area contributed by atoms with Crippen molar-refractivity contribution in [3.8, 4) is 0 Å². The minimum atomic E-state index is -4.45. The molecule has 0 spiro atoms. The van der Waals surface area contributed by atoms with Gasteiger partial charge in [-0.25, -0.2) is 17.2 Å². The molecule has 0 saturated carbocycles. The number of hydrogen-bond donors (Lipinski definition) is 2. The van der Waals surface area contributed by atoms with Gasteiger partial charge in [-0.2, -0.15) is 0 Å².